The molecule has 4 nitrogen and oxygen atoms in total. The minimum absolute atomic E-state index is 0.400. The van der Waals surface area contributed by atoms with Crippen molar-refractivity contribution in [2.75, 3.05) is 19.8 Å². The quantitative estimate of drug-likeness (QED) is 0.496. The van der Waals surface area contributed by atoms with Gasteiger partial charge in [0.2, 0.25) is 0 Å². The SMILES string of the molecule is C#CCc1ccnc(OCCCCOCCC)n1. The Bertz CT molecular complexity index is 374. The van der Waals surface area contributed by atoms with Crippen molar-refractivity contribution in [2.24, 2.45) is 0 Å². The molecule has 0 aliphatic heterocycles. The highest BCUT2D eigenvalue weighted by molar-refractivity contribution is 5.11. The number of rotatable bonds is 9. The van der Waals surface area contributed by atoms with Crippen LogP contribution in [0.1, 0.15) is 31.9 Å². The number of nitrogens with zero attached hydrogens (tertiary/aromatic N) is 2. The van der Waals surface area contributed by atoms with Gasteiger partial charge in [-0.2, -0.15) is 4.98 Å². The summed E-state index contributed by atoms with van der Waals surface area (Å²) in [7, 11) is 0. The van der Waals surface area contributed by atoms with Crippen molar-refractivity contribution in [1.29, 1.82) is 0 Å². The molecule has 0 spiro atoms. The Balaban J connectivity index is 2.15. The minimum Gasteiger partial charge on any atom is -0.463 e. The molecule has 0 fully saturated rings. The summed E-state index contributed by atoms with van der Waals surface area (Å²) in [5.74, 6) is 2.54. The first kappa shape index (κ1) is 14.5. The Labute approximate surface area is 109 Å². The molecule has 4 heteroatoms. The third kappa shape index (κ3) is 6.21. The smallest absolute Gasteiger partial charge is 0.316 e. The molecule has 1 aromatic rings. The lowest BCUT2D eigenvalue weighted by Crippen LogP contribution is -2.04. The van der Waals surface area contributed by atoms with E-state index in [2.05, 4.69) is 22.8 Å². The van der Waals surface area contributed by atoms with E-state index in [1.54, 1.807) is 12.3 Å². The maximum atomic E-state index is 5.45. The zero-order chi connectivity index (χ0) is 13.1. The molecule has 0 N–H and O–H groups in total. The summed E-state index contributed by atoms with van der Waals surface area (Å²) in [5.41, 5.74) is 0.814. The maximum absolute atomic E-state index is 5.45. The van der Waals surface area contributed by atoms with E-state index in [0.29, 0.717) is 19.0 Å². The number of unbranched alkanes of at least 4 members (excludes halogenated alkanes) is 1. The van der Waals surface area contributed by atoms with E-state index in [4.69, 9.17) is 15.9 Å². The Morgan fingerprint density at radius 1 is 1.28 bits per heavy atom. The first-order chi connectivity index (χ1) is 8.86. The standard InChI is InChI=1S/C14H20N2O2/c1-3-7-13-8-9-15-14(16-13)18-12-6-5-11-17-10-4-2/h1,8-9H,4-7,10-12H2,2H3. The van der Waals surface area contributed by atoms with Crippen LogP contribution in [-0.4, -0.2) is 29.8 Å². The van der Waals surface area contributed by atoms with E-state index in [1.807, 2.05) is 0 Å². The Hall–Kier alpha value is -1.60. The van der Waals surface area contributed by atoms with Gasteiger partial charge in [0.05, 0.1) is 18.7 Å². The highest BCUT2D eigenvalue weighted by Gasteiger charge is 1.99. The Kier molecular flexibility index (Phi) is 7.58. The minimum atomic E-state index is 0.400. The highest BCUT2D eigenvalue weighted by atomic mass is 16.5. The Morgan fingerprint density at radius 2 is 2.11 bits per heavy atom. The molecule has 18 heavy (non-hydrogen) atoms. The maximum Gasteiger partial charge on any atom is 0.316 e. The van der Waals surface area contributed by atoms with Crippen molar-refractivity contribution in [3.05, 3.63) is 18.0 Å². The second-order valence-electron chi connectivity index (χ2n) is 3.88. The van der Waals surface area contributed by atoms with Gasteiger partial charge in [0.25, 0.3) is 0 Å². The van der Waals surface area contributed by atoms with Gasteiger partial charge in [-0.3, -0.25) is 0 Å². The number of ether oxygens (including phenoxy) is 2. The van der Waals surface area contributed by atoms with Crippen LogP contribution >= 0.6 is 0 Å². The lowest BCUT2D eigenvalue weighted by molar-refractivity contribution is 0.126. The van der Waals surface area contributed by atoms with Gasteiger partial charge in [0, 0.05) is 19.4 Å². The largest absolute Gasteiger partial charge is 0.463 e. The normalized spacial score (nSPS) is 10.0. The molecular formula is C14H20N2O2. The topological polar surface area (TPSA) is 44.2 Å². The fourth-order valence-electron chi connectivity index (χ4n) is 1.36. The second kappa shape index (κ2) is 9.43. The van der Waals surface area contributed by atoms with Crippen molar-refractivity contribution < 1.29 is 9.47 Å². The van der Waals surface area contributed by atoms with Gasteiger partial charge in [0.1, 0.15) is 0 Å². The van der Waals surface area contributed by atoms with Crippen molar-refractivity contribution >= 4 is 0 Å². The lowest BCUT2D eigenvalue weighted by Gasteiger charge is -2.05. The van der Waals surface area contributed by atoms with E-state index in [9.17, 15) is 0 Å². The molecule has 0 aliphatic carbocycles. The first-order valence-electron chi connectivity index (χ1n) is 6.32. The zero-order valence-corrected chi connectivity index (χ0v) is 10.9. The molecule has 1 aromatic heterocycles. The summed E-state index contributed by atoms with van der Waals surface area (Å²) in [6.07, 6.45) is 10.4. The van der Waals surface area contributed by atoms with Gasteiger partial charge >= 0.3 is 6.01 Å². The van der Waals surface area contributed by atoms with Gasteiger partial charge in [-0.15, -0.1) is 12.3 Å². The molecule has 98 valence electrons. The van der Waals surface area contributed by atoms with Crippen molar-refractivity contribution in [1.82, 2.24) is 9.97 Å². The molecule has 1 rings (SSSR count). The molecule has 0 radical (unpaired) electrons. The van der Waals surface area contributed by atoms with E-state index in [-0.39, 0.29) is 0 Å². The molecule has 0 aliphatic rings. The summed E-state index contributed by atoms with van der Waals surface area (Å²) in [6.45, 7) is 4.33. The van der Waals surface area contributed by atoms with Crippen LogP contribution in [0.3, 0.4) is 0 Å². The average molecular weight is 248 g/mol. The summed E-state index contributed by atoms with van der Waals surface area (Å²) >= 11 is 0. The predicted molar refractivity (Wildman–Crippen MR) is 70.4 cm³/mol. The zero-order valence-electron chi connectivity index (χ0n) is 10.9. The number of hydrogen-bond acceptors (Lipinski definition) is 4. The Morgan fingerprint density at radius 3 is 2.89 bits per heavy atom. The third-order valence-electron chi connectivity index (χ3n) is 2.24. The molecule has 0 aromatic carbocycles. The fourth-order valence-corrected chi connectivity index (χ4v) is 1.36. The molecule has 0 unspecified atom stereocenters. The van der Waals surface area contributed by atoms with Crippen molar-refractivity contribution in [2.45, 2.75) is 32.6 Å². The van der Waals surface area contributed by atoms with E-state index in [1.165, 1.54) is 0 Å². The van der Waals surface area contributed by atoms with Gasteiger partial charge in [-0.05, 0) is 25.3 Å². The molecule has 0 saturated heterocycles. The van der Waals surface area contributed by atoms with Gasteiger partial charge < -0.3 is 9.47 Å². The van der Waals surface area contributed by atoms with Crippen molar-refractivity contribution in [3.63, 3.8) is 0 Å². The molecule has 0 amide bonds. The third-order valence-corrected chi connectivity index (χ3v) is 2.24. The highest BCUT2D eigenvalue weighted by Crippen LogP contribution is 2.04. The van der Waals surface area contributed by atoms with E-state index in [0.717, 1.165) is 38.2 Å². The summed E-state index contributed by atoms with van der Waals surface area (Å²) in [6, 6.07) is 2.20. The van der Waals surface area contributed by atoms with Crippen molar-refractivity contribution in [3.8, 4) is 18.4 Å². The van der Waals surface area contributed by atoms with Crippen LogP contribution in [0.5, 0.6) is 6.01 Å². The number of aromatic nitrogens is 2. The van der Waals surface area contributed by atoms with Crippen LogP contribution in [0.15, 0.2) is 12.3 Å². The molecule has 1 heterocycles. The average Bonchev–Trinajstić information content (AvgIpc) is 2.39. The second-order valence-corrected chi connectivity index (χ2v) is 3.88. The van der Waals surface area contributed by atoms with Crippen LogP contribution in [0.25, 0.3) is 0 Å². The molecule has 0 saturated carbocycles. The fraction of sp³-hybridized carbons (Fsp3) is 0.571. The monoisotopic (exact) mass is 248 g/mol. The molecular weight excluding hydrogens is 228 g/mol. The summed E-state index contributed by atoms with van der Waals surface area (Å²) < 4.78 is 10.8. The number of terminal acetylenes is 1. The lowest BCUT2D eigenvalue weighted by atomic mass is 10.3. The van der Waals surface area contributed by atoms with Crippen LogP contribution in [0, 0.1) is 12.3 Å². The van der Waals surface area contributed by atoms with Crippen LogP contribution in [0.4, 0.5) is 0 Å². The first-order valence-corrected chi connectivity index (χ1v) is 6.32. The summed E-state index contributed by atoms with van der Waals surface area (Å²) in [4.78, 5) is 8.24. The van der Waals surface area contributed by atoms with Crippen LogP contribution < -0.4 is 4.74 Å². The predicted octanol–water partition coefficient (Wildman–Crippen LogP) is 2.24. The summed E-state index contributed by atoms with van der Waals surface area (Å²) in [5, 5.41) is 0. The molecule has 0 bridgehead atoms. The van der Waals surface area contributed by atoms with Gasteiger partial charge in [-0.1, -0.05) is 6.92 Å². The van der Waals surface area contributed by atoms with Crippen LogP contribution in [0.2, 0.25) is 0 Å². The van der Waals surface area contributed by atoms with E-state index < -0.39 is 0 Å². The molecule has 0 atom stereocenters. The van der Waals surface area contributed by atoms with E-state index >= 15 is 0 Å². The number of hydrogen-bond donors (Lipinski definition) is 0. The van der Waals surface area contributed by atoms with Gasteiger partial charge in [0.15, 0.2) is 0 Å². The van der Waals surface area contributed by atoms with Gasteiger partial charge in [-0.25, -0.2) is 4.98 Å². The van der Waals surface area contributed by atoms with Crippen LogP contribution in [-0.2, 0) is 11.2 Å².